The third kappa shape index (κ3) is 4.46. The molecule has 0 bridgehead atoms. The van der Waals surface area contributed by atoms with E-state index >= 15 is 0 Å². The Morgan fingerprint density at radius 3 is 2.32 bits per heavy atom. The van der Waals surface area contributed by atoms with Crippen LogP contribution in [0, 0.1) is 0 Å². The zero-order valence-corrected chi connectivity index (χ0v) is 16.9. The number of halogens is 1. The average molecular weight is 352 g/mol. The van der Waals surface area contributed by atoms with E-state index < -0.39 is 6.17 Å². The Bertz CT molecular complexity index is 577. The molecule has 2 rings (SSSR count). The predicted octanol–water partition coefficient (Wildman–Crippen LogP) is 5.15. The van der Waals surface area contributed by atoms with E-state index in [1.54, 1.807) is 6.92 Å². The van der Waals surface area contributed by atoms with Gasteiger partial charge in [-0.2, -0.15) is 0 Å². The molecule has 2 aliphatic heterocycles. The number of alkyl halides is 1. The van der Waals surface area contributed by atoms with E-state index in [4.69, 9.17) is 9.47 Å². The van der Waals surface area contributed by atoms with Gasteiger partial charge < -0.3 is 14.4 Å². The number of nitrogens with zero attached hydrogens (tertiary/aromatic N) is 1. The first-order chi connectivity index (χ1) is 11.7. The lowest BCUT2D eigenvalue weighted by Gasteiger charge is -2.36. The van der Waals surface area contributed by atoms with Crippen molar-refractivity contribution in [1.29, 1.82) is 0 Å². The molecule has 25 heavy (non-hydrogen) atoms. The highest BCUT2D eigenvalue weighted by atomic mass is 19.1. The molecule has 142 valence electrons. The van der Waals surface area contributed by atoms with Gasteiger partial charge in [-0.05, 0) is 66.9 Å². The second-order valence-electron chi connectivity index (χ2n) is 7.93. The molecule has 4 heteroatoms. The lowest BCUT2D eigenvalue weighted by molar-refractivity contribution is 0.0152. The maximum Gasteiger partial charge on any atom is 0.127 e. The van der Waals surface area contributed by atoms with Gasteiger partial charge in [0.2, 0.25) is 0 Å². The van der Waals surface area contributed by atoms with Crippen LogP contribution < -0.4 is 0 Å². The first-order valence-corrected chi connectivity index (χ1v) is 9.42. The van der Waals surface area contributed by atoms with Gasteiger partial charge in [-0.1, -0.05) is 11.1 Å². The summed E-state index contributed by atoms with van der Waals surface area (Å²) in [7, 11) is 0. The van der Waals surface area contributed by atoms with Gasteiger partial charge in [0.1, 0.15) is 18.0 Å². The molecule has 2 saturated heterocycles. The highest BCUT2D eigenvalue weighted by Crippen LogP contribution is 2.39. The number of hydrogen-bond acceptors (Lipinski definition) is 3. The Labute approximate surface area is 152 Å². The Kier molecular flexibility index (Phi) is 6.72. The Morgan fingerprint density at radius 2 is 1.80 bits per heavy atom. The van der Waals surface area contributed by atoms with Gasteiger partial charge in [0.05, 0.1) is 12.6 Å². The van der Waals surface area contributed by atoms with Crippen molar-refractivity contribution in [2.45, 2.75) is 79.6 Å². The number of ether oxygens (including phenoxy) is 2. The van der Waals surface area contributed by atoms with Gasteiger partial charge in [-0.25, -0.2) is 4.39 Å². The highest BCUT2D eigenvalue weighted by molar-refractivity contribution is 5.50. The summed E-state index contributed by atoms with van der Waals surface area (Å²) in [6, 6.07) is 0.0387. The van der Waals surface area contributed by atoms with Crippen molar-refractivity contribution in [2.75, 3.05) is 19.8 Å². The van der Waals surface area contributed by atoms with E-state index in [1.165, 1.54) is 11.1 Å². The molecule has 0 aromatic rings. The molecular weight excluding hydrogens is 317 g/mol. The summed E-state index contributed by atoms with van der Waals surface area (Å²) in [5, 5.41) is 0. The maximum atomic E-state index is 14.1. The van der Waals surface area contributed by atoms with Gasteiger partial charge >= 0.3 is 0 Å². The van der Waals surface area contributed by atoms with Crippen molar-refractivity contribution in [1.82, 2.24) is 4.90 Å². The number of fused-ring (bicyclic) bond motifs is 1. The Balaban J connectivity index is 2.70. The van der Waals surface area contributed by atoms with E-state index in [2.05, 4.69) is 46.4 Å². The van der Waals surface area contributed by atoms with Crippen LogP contribution in [0.3, 0.4) is 0 Å². The smallest absolute Gasteiger partial charge is 0.127 e. The first-order valence-electron chi connectivity index (χ1n) is 9.42. The fourth-order valence-corrected chi connectivity index (χ4v) is 3.81. The van der Waals surface area contributed by atoms with Crippen LogP contribution in [0.15, 0.2) is 33.7 Å². The van der Waals surface area contributed by atoms with Crippen molar-refractivity contribution < 1.29 is 13.9 Å². The third-order valence-electron chi connectivity index (χ3n) is 4.79. The summed E-state index contributed by atoms with van der Waals surface area (Å²) in [6.45, 7) is 15.9. The maximum absolute atomic E-state index is 14.1. The molecule has 0 aromatic heterocycles. The number of hydrogen-bond donors (Lipinski definition) is 0. The zero-order valence-electron chi connectivity index (χ0n) is 16.9. The standard InChI is InChI=1S/C21H34FNO2/c1-13(2)19-20(14(3)4)23(11-16(7)22)17-12-24-10-8-9-18(17)25-21(19)15(5)6/h16-18H,8-12H2,1-7H3. The number of allylic oxidation sites excluding steroid dienone is 3. The molecule has 2 fully saturated rings. The molecule has 0 amide bonds. The molecule has 0 N–H and O–H groups in total. The SMILES string of the molecule is CC(C)=C1OC2CCCOCC2N(CC(C)F)C(=C(C)C)C1=C(C)C. The monoisotopic (exact) mass is 351 g/mol. The topological polar surface area (TPSA) is 21.7 Å². The second-order valence-corrected chi connectivity index (χ2v) is 7.93. The van der Waals surface area contributed by atoms with Crippen molar-refractivity contribution in [2.24, 2.45) is 0 Å². The van der Waals surface area contributed by atoms with Crippen molar-refractivity contribution in [3.05, 3.63) is 33.7 Å². The fraction of sp³-hybridized carbons (Fsp3) is 0.714. The van der Waals surface area contributed by atoms with E-state index in [-0.39, 0.29) is 12.1 Å². The summed E-state index contributed by atoms with van der Waals surface area (Å²) in [4.78, 5) is 2.22. The van der Waals surface area contributed by atoms with Gasteiger partial charge in [0, 0.05) is 24.4 Å². The second kappa shape index (κ2) is 8.39. The molecule has 0 spiro atoms. The largest absolute Gasteiger partial charge is 0.488 e. The summed E-state index contributed by atoms with van der Waals surface area (Å²) in [5.41, 5.74) is 5.77. The fourth-order valence-electron chi connectivity index (χ4n) is 3.81. The zero-order chi connectivity index (χ0) is 18.7. The van der Waals surface area contributed by atoms with E-state index in [1.807, 2.05) is 0 Å². The molecular formula is C21H34FNO2. The van der Waals surface area contributed by atoms with Gasteiger partial charge in [-0.3, -0.25) is 0 Å². The van der Waals surface area contributed by atoms with E-state index in [9.17, 15) is 4.39 Å². The van der Waals surface area contributed by atoms with Crippen LogP contribution in [0.25, 0.3) is 0 Å². The Morgan fingerprint density at radius 1 is 1.12 bits per heavy atom. The molecule has 2 aliphatic rings. The molecule has 0 aromatic carbocycles. The predicted molar refractivity (Wildman–Crippen MR) is 101 cm³/mol. The highest BCUT2D eigenvalue weighted by Gasteiger charge is 2.39. The van der Waals surface area contributed by atoms with E-state index in [0.717, 1.165) is 42.1 Å². The summed E-state index contributed by atoms with van der Waals surface area (Å²) < 4.78 is 26.5. The van der Waals surface area contributed by atoms with Crippen molar-refractivity contribution in [3.8, 4) is 0 Å². The van der Waals surface area contributed by atoms with Crippen LogP contribution in [0.5, 0.6) is 0 Å². The quantitative estimate of drug-likeness (QED) is 0.687. The van der Waals surface area contributed by atoms with Crippen LogP contribution in [-0.2, 0) is 9.47 Å². The minimum absolute atomic E-state index is 0.0253. The molecule has 0 saturated carbocycles. The molecule has 2 heterocycles. The third-order valence-corrected chi connectivity index (χ3v) is 4.79. The minimum Gasteiger partial charge on any atom is -0.488 e. The van der Waals surface area contributed by atoms with Crippen LogP contribution >= 0.6 is 0 Å². The molecule has 3 nitrogen and oxygen atoms in total. The van der Waals surface area contributed by atoms with Crippen molar-refractivity contribution >= 4 is 0 Å². The molecule has 0 aliphatic carbocycles. The number of rotatable bonds is 2. The first kappa shape index (κ1) is 20.0. The van der Waals surface area contributed by atoms with Crippen LogP contribution in [0.2, 0.25) is 0 Å². The lowest BCUT2D eigenvalue weighted by atomic mass is 9.97. The average Bonchev–Trinajstić information content (AvgIpc) is 2.78. The van der Waals surface area contributed by atoms with Gasteiger partial charge in [0.15, 0.2) is 0 Å². The lowest BCUT2D eigenvalue weighted by Crippen LogP contribution is -2.47. The Hall–Kier alpha value is -1.29. The van der Waals surface area contributed by atoms with Crippen LogP contribution in [0.1, 0.15) is 61.3 Å². The van der Waals surface area contributed by atoms with Crippen LogP contribution in [0.4, 0.5) is 4.39 Å². The van der Waals surface area contributed by atoms with Gasteiger partial charge in [-0.15, -0.1) is 0 Å². The summed E-state index contributed by atoms with van der Waals surface area (Å²) in [6.07, 6.45) is 1.03. The normalized spacial score (nSPS) is 25.6. The van der Waals surface area contributed by atoms with Crippen LogP contribution in [-0.4, -0.2) is 43.0 Å². The summed E-state index contributed by atoms with van der Waals surface area (Å²) >= 11 is 0. The molecule has 0 radical (unpaired) electrons. The van der Waals surface area contributed by atoms with Crippen molar-refractivity contribution in [3.63, 3.8) is 0 Å². The molecule has 3 atom stereocenters. The van der Waals surface area contributed by atoms with Gasteiger partial charge in [0.25, 0.3) is 0 Å². The summed E-state index contributed by atoms with van der Waals surface area (Å²) in [5.74, 6) is 0.960. The molecule has 3 unspecified atom stereocenters. The van der Waals surface area contributed by atoms with E-state index in [0.29, 0.717) is 13.2 Å². The minimum atomic E-state index is -0.912.